The normalized spacial score (nSPS) is 19.8. The van der Waals surface area contributed by atoms with Gasteiger partial charge in [-0.1, -0.05) is 115 Å². The fourth-order valence-electron chi connectivity index (χ4n) is 6.03. The Morgan fingerprint density at radius 2 is 1.17 bits per heavy atom. The molecule has 1 unspecified atom stereocenters. The Kier molecular flexibility index (Phi) is 7.27. The van der Waals surface area contributed by atoms with Gasteiger partial charge < -0.3 is 20.4 Å². The van der Waals surface area contributed by atoms with Gasteiger partial charge in [-0.05, 0) is 46.8 Å². The molecule has 5 aromatic rings. The Hall–Kier alpha value is -5.72. The van der Waals surface area contributed by atoms with Gasteiger partial charge in [-0.25, -0.2) is 9.98 Å². The molecule has 0 N–H and O–H groups in total. The van der Waals surface area contributed by atoms with Crippen molar-refractivity contribution in [1.29, 1.82) is 0 Å². The smallest absolute Gasteiger partial charge is 0.434 e. The van der Waals surface area contributed by atoms with E-state index in [1.165, 1.54) is 0 Å². The maximum Gasteiger partial charge on any atom is 2.00 e. The summed E-state index contributed by atoms with van der Waals surface area (Å²) in [7, 11) is 0. The van der Waals surface area contributed by atoms with Gasteiger partial charge in [-0.15, -0.1) is 0 Å². The van der Waals surface area contributed by atoms with E-state index in [0.717, 1.165) is 63.0 Å². The molecular formula is C38H27N8Pt+. The molecule has 1 aromatic heterocycles. The van der Waals surface area contributed by atoms with Crippen LogP contribution in [0.5, 0.6) is 0 Å². The van der Waals surface area contributed by atoms with Crippen molar-refractivity contribution >= 4 is 40.8 Å². The number of hydrogen-bond donors (Lipinski definition) is 0. The Balaban J connectivity index is 0.00000324. The van der Waals surface area contributed by atoms with E-state index < -0.39 is 0 Å². The van der Waals surface area contributed by atoms with E-state index in [4.69, 9.17) is 20.6 Å². The first-order chi connectivity index (χ1) is 22.8. The van der Waals surface area contributed by atoms with Crippen LogP contribution in [0.15, 0.2) is 168 Å². The summed E-state index contributed by atoms with van der Waals surface area (Å²) >= 11 is 0. The molecule has 8 bridgehead atoms. The molecular weight excluding hydrogens is 764 g/mol. The summed E-state index contributed by atoms with van der Waals surface area (Å²) in [5.74, 6) is 2.27. The number of benzene rings is 4. The minimum Gasteiger partial charge on any atom is -0.434 e. The molecule has 9 rings (SSSR count). The van der Waals surface area contributed by atoms with Crippen LogP contribution in [-0.2, 0) is 21.1 Å². The molecule has 4 aliphatic rings. The fraction of sp³-hybridized carbons (Fsp3) is 0.0263. The summed E-state index contributed by atoms with van der Waals surface area (Å²) in [6.45, 7) is 0. The first-order valence-corrected chi connectivity index (χ1v) is 15.2. The zero-order valence-electron chi connectivity index (χ0n) is 25.0. The van der Waals surface area contributed by atoms with E-state index in [1.807, 2.05) is 85.1 Å². The zero-order valence-corrected chi connectivity index (χ0v) is 27.3. The molecule has 228 valence electrons. The standard InChI is InChI=1S/C38H27N8.Pt/c1-5-13-27(14-6-1)43-23-31-32-24-45(29-17-9-3-10-18-29)37(40-32)22-38-42-34(26-46(38)30-19-11-4-12-20-30)33-25-44(28-15-7-2-8-16-28)36(41-33)21-35(43)39-31;/h1-26,35H;/q-1;+2/b36-21+,37-22+;. The van der Waals surface area contributed by atoms with Crippen molar-refractivity contribution in [3.63, 3.8) is 0 Å². The number of fused-ring (bicyclic) bond motifs is 9. The van der Waals surface area contributed by atoms with E-state index >= 15 is 0 Å². The van der Waals surface area contributed by atoms with Crippen LogP contribution < -0.4 is 9.80 Å². The number of aliphatic imine (C=N–C) groups is 1. The molecule has 5 heterocycles. The van der Waals surface area contributed by atoms with E-state index in [0.29, 0.717) is 0 Å². The number of hydrogen-bond acceptors (Lipinski definition) is 4. The van der Waals surface area contributed by atoms with Crippen LogP contribution in [0.2, 0.25) is 0 Å². The predicted molar refractivity (Wildman–Crippen MR) is 184 cm³/mol. The van der Waals surface area contributed by atoms with Gasteiger partial charge in [0.25, 0.3) is 6.17 Å². The monoisotopic (exact) mass is 790 g/mol. The SMILES string of the molecule is C1=C2[N-]/C(=C\c3nc(cn3-c3ccccc3)C3=CN(c4ccccc4)/C(=C/C4N=C2C=[N+]4c2ccccc2)[N-]3)N1c1ccccc1.[Pt+2]. The molecule has 0 spiro atoms. The molecule has 0 amide bonds. The summed E-state index contributed by atoms with van der Waals surface area (Å²) in [6.07, 6.45) is 12.0. The van der Waals surface area contributed by atoms with Crippen molar-refractivity contribution in [2.75, 3.05) is 9.80 Å². The summed E-state index contributed by atoms with van der Waals surface area (Å²) < 4.78 is 4.27. The number of anilines is 2. The minimum absolute atomic E-state index is 0. The maximum atomic E-state index is 5.23. The third-order valence-electron chi connectivity index (χ3n) is 8.26. The van der Waals surface area contributed by atoms with Crippen LogP contribution >= 0.6 is 0 Å². The maximum absolute atomic E-state index is 5.23. The van der Waals surface area contributed by atoms with Gasteiger partial charge in [-0.2, -0.15) is 4.58 Å². The molecule has 0 aliphatic carbocycles. The number of nitrogens with zero attached hydrogens (tertiary/aromatic N) is 8. The zero-order chi connectivity index (χ0) is 30.5. The van der Waals surface area contributed by atoms with E-state index in [-0.39, 0.29) is 27.2 Å². The third-order valence-corrected chi connectivity index (χ3v) is 8.26. The predicted octanol–water partition coefficient (Wildman–Crippen LogP) is 8.15. The Morgan fingerprint density at radius 3 is 1.83 bits per heavy atom. The first-order valence-electron chi connectivity index (χ1n) is 15.2. The molecule has 47 heavy (non-hydrogen) atoms. The molecule has 4 aliphatic heterocycles. The summed E-state index contributed by atoms with van der Waals surface area (Å²) in [6, 6.07) is 41.0. The van der Waals surface area contributed by atoms with Crippen molar-refractivity contribution in [2.45, 2.75) is 6.17 Å². The molecule has 9 heteroatoms. The van der Waals surface area contributed by atoms with Gasteiger partial charge in [0.1, 0.15) is 11.5 Å². The fourth-order valence-corrected chi connectivity index (χ4v) is 6.03. The quantitative estimate of drug-likeness (QED) is 0.173. The second kappa shape index (κ2) is 11.9. The molecule has 0 fully saturated rings. The number of aromatic nitrogens is 2. The number of allylic oxidation sites excluding steroid dienone is 1. The van der Waals surface area contributed by atoms with Crippen LogP contribution in [0.3, 0.4) is 0 Å². The van der Waals surface area contributed by atoms with Crippen LogP contribution in [0.4, 0.5) is 17.1 Å². The summed E-state index contributed by atoms with van der Waals surface area (Å²) in [5.41, 5.74) is 7.13. The Labute approximate surface area is 287 Å². The van der Waals surface area contributed by atoms with Crippen molar-refractivity contribution in [3.8, 4) is 5.69 Å². The van der Waals surface area contributed by atoms with Crippen molar-refractivity contribution < 1.29 is 25.6 Å². The van der Waals surface area contributed by atoms with Gasteiger partial charge in [0, 0.05) is 30.1 Å². The van der Waals surface area contributed by atoms with E-state index in [1.54, 1.807) is 0 Å². The number of imidazole rings is 1. The van der Waals surface area contributed by atoms with Gasteiger partial charge in [0.15, 0.2) is 6.21 Å². The molecule has 0 radical (unpaired) electrons. The van der Waals surface area contributed by atoms with Crippen LogP contribution in [0, 0.1) is 0 Å². The molecule has 4 aromatic carbocycles. The number of para-hydroxylation sites is 4. The van der Waals surface area contributed by atoms with Gasteiger partial charge >= 0.3 is 21.1 Å². The Morgan fingerprint density at radius 1 is 0.617 bits per heavy atom. The second-order valence-electron chi connectivity index (χ2n) is 11.2. The van der Waals surface area contributed by atoms with E-state index in [2.05, 4.69) is 92.2 Å². The topological polar surface area (TPSA) is 67.9 Å². The first kappa shape index (κ1) is 28.7. The average molecular weight is 791 g/mol. The summed E-state index contributed by atoms with van der Waals surface area (Å²) in [4.78, 5) is 14.6. The average Bonchev–Trinajstić information content (AvgIpc) is 3.92. The third kappa shape index (κ3) is 5.23. The molecule has 0 saturated carbocycles. The molecule has 8 nitrogen and oxygen atoms in total. The van der Waals surface area contributed by atoms with Gasteiger partial charge in [0.2, 0.25) is 5.69 Å². The van der Waals surface area contributed by atoms with Crippen LogP contribution in [0.25, 0.3) is 28.1 Å². The van der Waals surface area contributed by atoms with Crippen molar-refractivity contribution in [2.24, 2.45) is 4.99 Å². The largest absolute Gasteiger partial charge is 2.00 e. The minimum atomic E-state index is -0.343. The summed E-state index contributed by atoms with van der Waals surface area (Å²) in [5, 5.41) is 10.3. The van der Waals surface area contributed by atoms with Crippen molar-refractivity contribution in [1.82, 2.24) is 9.55 Å². The van der Waals surface area contributed by atoms with Gasteiger partial charge in [-0.3, -0.25) is 4.57 Å². The van der Waals surface area contributed by atoms with Crippen LogP contribution in [0.1, 0.15) is 11.5 Å². The van der Waals surface area contributed by atoms with Crippen molar-refractivity contribution in [3.05, 3.63) is 185 Å². The molecule has 0 saturated heterocycles. The van der Waals surface area contributed by atoms with Crippen LogP contribution in [-0.4, -0.2) is 32.2 Å². The second-order valence-corrected chi connectivity index (χ2v) is 11.2. The van der Waals surface area contributed by atoms with E-state index in [9.17, 15) is 0 Å². The number of rotatable bonds is 4. The Bertz CT molecular complexity index is 2150. The molecule has 1 atom stereocenters. The van der Waals surface area contributed by atoms with Gasteiger partial charge in [0.05, 0.1) is 5.69 Å².